The monoisotopic (exact) mass is 392 g/mol. The summed E-state index contributed by atoms with van der Waals surface area (Å²) >= 11 is 0. The van der Waals surface area contributed by atoms with Crippen LogP contribution >= 0.6 is 0 Å². The van der Waals surface area contributed by atoms with Crippen LogP contribution < -0.4 is 15.4 Å². The summed E-state index contributed by atoms with van der Waals surface area (Å²) in [6.45, 7) is 1.49. The van der Waals surface area contributed by atoms with Crippen LogP contribution in [0.1, 0.15) is 48.0 Å². The van der Waals surface area contributed by atoms with E-state index >= 15 is 0 Å². The predicted octanol–water partition coefficient (Wildman–Crippen LogP) is 4.19. The molecule has 152 valence electrons. The molecule has 4 rings (SSSR count). The third-order valence-electron chi connectivity index (χ3n) is 6.05. The highest BCUT2D eigenvalue weighted by atomic mass is 16.5. The first-order valence-electron chi connectivity index (χ1n) is 10.6. The van der Waals surface area contributed by atoms with Gasteiger partial charge in [0.25, 0.3) is 5.91 Å². The van der Waals surface area contributed by atoms with Crippen LogP contribution in [0.2, 0.25) is 0 Å². The largest absolute Gasteiger partial charge is 0.494 e. The molecule has 0 atom stereocenters. The molecular formula is C24H28N2O3. The van der Waals surface area contributed by atoms with Crippen molar-refractivity contribution in [1.82, 2.24) is 5.32 Å². The van der Waals surface area contributed by atoms with Crippen LogP contribution in [0.4, 0.5) is 5.69 Å². The predicted molar refractivity (Wildman–Crippen MR) is 113 cm³/mol. The number of hydrogen-bond acceptors (Lipinski definition) is 3. The number of nitrogens with one attached hydrogen (secondary N) is 2. The number of para-hydroxylation sites is 1. The molecule has 5 nitrogen and oxygen atoms in total. The number of ether oxygens (including phenoxy) is 1. The van der Waals surface area contributed by atoms with E-state index in [4.69, 9.17) is 4.74 Å². The van der Waals surface area contributed by atoms with Crippen molar-refractivity contribution in [2.45, 2.75) is 38.5 Å². The zero-order chi connectivity index (χ0) is 20.1. The van der Waals surface area contributed by atoms with E-state index in [1.165, 1.54) is 12.8 Å². The quantitative estimate of drug-likeness (QED) is 0.743. The summed E-state index contributed by atoms with van der Waals surface area (Å²) < 4.78 is 5.82. The molecule has 0 radical (unpaired) electrons. The molecule has 2 aromatic rings. The smallest absolute Gasteiger partial charge is 0.251 e. The highest BCUT2D eigenvalue weighted by Crippen LogP contribution is 2.31. The Morgan fingerprint density at radius 1 is 1.03 bits per heavy atom. The highest BCUT2D eigenvalue weighted by Gasteiger charge is 2.23. The van der Waals surface area contributed by atoms with Crippen molar-refractivity contribution in [3.05, 3.63) is 59.7 Å². The Kier molecular flexibility index (Phi) is 6.13. The fourth-order valence-corrected chi connectivity index (χ4v) is 4.29. The van der Waals surface area contributed by atoms with E-state index in [1.54, 1.807) is 6.07 Å². The summed E-state index contributed by atoms with van der Waals surface area (Å²) in [5.41, 5.74) is 2.36. The molecule has 0 saturated heterocycles. The van der Waals surface area contributed by atoms with Crippen molar-refractivity contribution in [3.63, 3.8) is 0 Å². The molecule has 1 fully saturated rings. The van der Waals surface area contributed by atoms with Crippen LogP contribution in [0, 0.1) is 11.8 Å². The van der Waals surface area contributed by atoms with Crippen molar-refractivity contribution >= 4 is 17.5 Å². The maximum Gasteiger partial charge on any atom is 0.251 e. The standard InChI is InChI=1S/C24H28N2O3/c27-23-15-20-14-19(10-11-22(20)26-23)24(28)25-16-18-8-6-17(7-9-18)12-13-29-21-4-2-1-3-5-21/h1-5,10-11,14,17-18H,6-9,12-13,15-16H2,(H,25,28)(H,26,27)/t17-,18+. The number of rotatable bonds is 7. The Morgan fingerprint density at radius 2 is 1.79 bits per heavy atom. The van der Waals surface area contributed by atoms with Gasteiger partial charge in [0.2, 0.25) is 5.91 Å². The minimum atomic E-state index is -0.0504. The van der Waals surface area contributed by atoms with Crippen LogP contribution in [-0.2, 0) is 11.2 Å². The first-order valence-corrected chi connectivity index (χ1v) is 10.6. The van der Waals surface area contributed by atoms with Gasteiger partial charge in [-0.15, -0.1) is 0 Å². The maximum absolute atomic E-state index is 12.5. The molecule has 2 aromatic carbocycles. The van der Waals surface area contributed by atoms with Crippen LogP contribution in [-0.4, -0.2) is 25.0 Å². The number of fused-ring (bicyclic) bond motifs is 1. The van der Waals surface area contributed by atoms with Crippen LogP contribution in [0.15, 0.2) is 48.5 Å². The van der Waals surface area contributed by atoms with E-state index < -0.39 is 0 Å². The molecule has 1 aliphatic carbocycles. The van der Waals surface area contributed by atoms with Gasteiger partial charge in [0.15, 0.2) is 0 Å². The van der Waals surface area contributed by atoms with Crippen LogP contribution in [0.5, 0.6) is 5.75 Å². The molecule has 0 unspecified atom stereocenters. The normalized spacial score (nSPS) is 20.6. The first-order chi connectivity index (χ1) is 14.2. The van der Waals surface area contributed by atoms with Crippen molar-refractivity contribution < 1.29 is 14.3 Å². The minimum Gasteiger partial charge on any atom is -0.494 e. The Morgan fingerprint density at radius 3 is 2.59 bits per heavy atom. The molecule has 2 aliphatic rings. The van der Waals surface area contributed by atoms with Gasteiger partial charge in [-0.25, -0.2) is 0 Å². The lowest BCUT2D eigenvalue weighted by Gasteiger charge is -2.28. The molecule has 1 heterocycles. The SMILES string of the molecule is O=C1Cc2cc(C(=O)NC[C@H]3CC[C@@H](CCOc4ccccc4)CC3)ccc2N1. The topological polar surface area (TPSA) is 67.4 Å². The molecule has 2 N–H and O–H groups in total. The van der Waals surface area contributed by atoms with Gasteiger partial charge in [0.1, 0.15) is 5.75 Å². The fraction of sp³-hybridized carbons (Fsp3) is 0.417. The molecular weight excluding hydrogens is 364 g/mol. The molecule has 5 heteroatoms. The van der Waals surface area contributed by atoms with Gasteiger partial charge in [0, 0.05) is 17.8 Å². The highest BCUT2D eigenvalue weighted by molar-refractivity contribution is 6.01. The number of amides is 2. The summed E-state index contributed by atoms with van der Waals surface area (Å²) in [5, 5.41) is 5.88. The van der Waals surface area contributed by atoms with Crippen LogP contribution in [0.25, 0.3) is 0 Å². The number of carbonyl (C=O) groups is 2. The van der Waals surface area contributed by atoms with E-state index in [1.807, 2.05) is 42.5 Å². The minimum absolute atomic E-state index is 0.0107. The van der Waals surface area contributed by atoms with E-state index in [9.17, 15) is 9.59 Å². The van der Waals surface area contributed by atoms with Gasteiger partial charge >= 0.3 is 0 Å². The third kappa shape index (κ3) is 5.17. The lowest BCUT2D eigenvalue weighted by atomic mass is 9.80. The average Bonchev–Trinajstić information content (AvgIpc) is 3.13. The van der Waals surface area contributed by atoms with E-state index in [0.717, 1.165) is 49.4 Å². The second kappa shape index (κ2) is 9.12. The zero-order valence-electron chi connectivity index (χ0n) is 16.7. The Bertz CT molecular complexity index is 858. The first kappa shape index (κ1) is 19.5. The number of anilines is 1. The molecule has 0 aromatic heterocycles. The molecule has 0 spiro atoms. The van der Waals surface area contributed by atoms with Crippen molar-refractivity contribution in [2.75, 3.05) is 18.5 Å². The van der Waals surface area contributed by atoms with Crippen molar-refractivity contribution in [3.8, 4) is 5.75 Å². The second-order valence-corrected chi connectivity index (χ2v) is 8.14. The Balaban J connectivity index is 1.16. The molecule has 0 bridgehead atoms. The fourth-order valence-electron chi connectivity index (χ4n) is 4.29. The van der Waals surface area contributed by atoms with Gasteiger partial charge in [0.05, 0.1) is 13.0 Å². The number of carbonyl (C=O) groups excluding carboxylic acids is 2. The van der Waals surface area contributed by atoms with Gasteiger partial charge < -0.3 is 15.4 Å². The number of hydrogen-bond donors (Lipinski definition) is 2. The summed E-state index contributed by atoms with van der Waals surface area (Å²) in [6.07, 6.45) is 6.15. The van der Waals surface area contributed by atoms with Gasteiger partial charge in [-0.05, 0) is 79.8 Å². The lowest BCUT2D eigenvalue weighted by Crippen LogP contribution is -2.31. The zero-order valence-corrected chi connectivity index (χ0v) is 16.7. The lowest BCUT2D eigenvalue weighted by molar-refractivity contribution is -0.115. The molecule has 1 saturated carbocycles. The summed E-state index contributed by atoms with van der Waals surface area (Å²) in [5.74, 6) is 2.14. The molecule has 2 amide bonds. The van der Waals surface area contributed by atoms with Gasteiger partial charge in [-0.1, -0.05) is 18.2 Å². The van der Waals surface area contributed by atoms with Gasteiger partial charge in [-0.3, -0.25) is 9.59 Å². The molecule has 29 heavy (non-hydrogen) atoms. The third-order valence-corrected chi connectivity index (χ3v) is 6.05. The summed E-state index contributed by atoms with van der Waals surface area (Å²) in [6, 6.07) is 15.4. The maximum atomic E-state index is 12.5. The Hall–Kier alpha value is -2.82. The number of benzene rings is 2. The van der Waals surface area contributed by atoms with Gasteiger partial charge in [-0.2, -0.15) is 0 Å². The van der Waals surface area contributed by atoms with E-state index in [-0.39, 0.29) is 11.8 Å². The summed E-state index contributed by atoms with van der Waals surface area (Å²) in [4.78, 5) is 23.9. The van der Waals surface area contributed by atoms with E-state index in [2.05, 4.69) is 10.6 Å². The van der Waals surface area contributed by atoms with Crippen LogP contribution in [0.3, 0.4) is 0 Å². The molecule has 1 aliphatic heterocycles. The summed E-state index contributed by atoms with van der Waals surface area (Å²) in [7, 11) is 0. The van der Waals surface area contributed by atoms with E-state index in [0.29, 0.717) is 23.8 Å². The van der Waals surface area contributed by atoms with Crippen molar-refractivity contribution in [1.29, 1.82) is 0 Å². The van der Waals surface area contributed by atoms with Crippen molar-refractivity contribution in [2.24, 2.45) is 11.8 Å². The average molecular weight is 392 g/mol. The second-order valence-electron chi connectivity index (χ2n) is 8.14. The Labute approximate surface area is 171 Å².